The largest absolute Gasteiger partial charge is 0.344 e. The predicted octanol–water partition coefficient (Wildman–Crippen LogP) is 1.78. The maximum Gasteiger partial charge on any atom is 0.245 e. The van der Waals surface area contributed by atoms with Crippen LogP contribution in [0.15, 0.2) is 54.6 Å². The second-order valence-corrected chi connectivity index (χ2v) is 10.4. The summed E-state index contributed by atoms with van der Waals surface area (Å²) in [4.78, 5) is 27.3. The Morgan fingerprint density at radius 2 is 1.85 bits per heavy atom. The van der Waals surface area contributed by atoms with Crippen molar-refractivity contribution in [3.8, 4) is 0 Å². The van der Waals surface area contributed by atoms with Gasteiger partial charge in [-0.2, -0.15) is 0 Å². The Labute approximate surface area is 199 Å². The minimum atomic E-state index is -3.55. The van der Waals surface area contributed by atoms with E-state index in [1.165, 1.54) is 10.6 Å². The highest BCUT2D eigenvalue weighted by atomic mass is 35.5. The zero-order valence-electron chi connectivity index (χ0n) is 18.5. The second-order valence-electron chi connectivity index (χ2n) is 8.11. The summed E-state index contributed by atoms with van der Waals surface area (Å²) in [5.74, 6) is -0.554. The fourth-order valence-electron chi connectivity index (χ4n) is 4.06. The first-order chi connectivity index (χ1) is 15.7. The number of nitrogens with two attached hydrogens (primary N) is 1. The second kappa shape index (κ2) is 11.0. The quantitative estimate of drug-likeness (QED) is 0.554. The topological polar surface area (TPSA) is 113 Å². The van der Waals surface area contributed by atoms with Crippen LogP contribution in [0.5, 0.6) is 0 Å². The van der Waals surface area contributed by atoms with Crippen LogP contribution in [0.1, 0.15) is 18.4 Å². The number of rotatable bonds is 9. The highest BCUT2D eigenvalue weighted by Crippen LogP contribution is 2.26. The molecule has 3 rings (SSSR count). The maximum absolute atomic E-state index is 13.4. The van der Waals surface area contributed by atoms with E-state index < -0.39 is 16.1 Å². The summed E-state index contributed by atoms with van der Waals surface area (Å²) in [6.45, 7) is 0.816. The van der Waals surface area contributed by atoms with Gasteiger partial charge in [-0.05, 0) is 36.2 Å². The third-order valence-corrected chi connectivity index (χ3v) is 7.01. The van der Waals surface area contributed by atoms with Gasteiger partial charge in [0.2, 0.25) is 21.8 Å². The summed E-state index contributed by atoms with van der Waals surface area (Å²) in [5.41, 5.74) is 6.90. The number of likely N-dealkylation sites (tertiary alicyclic amines) is 1. The number of carbonyl (C=O) groups is 2. The van der Waals surface area contributed by atoms with E-state index in [1.807, 2.05) is 18.2 Å². The van der Waals surface area contributed by atoms with Crippen LogP contribution in [-0.2, 0) is 26.0 Å². The number of amides is 2. The molecule has 0 saturated carbocycles. The van der Waals surface area contributed by atoms with E-state index in [2.05, 4.69) is 5.32 Å². The van der Waals surface area contributed by atoms with Crippen molar-refractivity contribution >= 4 is 39.1 Å². The van der Waals surface area contributed by atoms with E-state index in [4.69, 9.17) is 17.3 Å². The van der Waals surface area contributed by atoms with Gasteiger partial charge >= 0.3 is 0 Å². The minimum Gasteiger partial charge on any atom is -0.344 e. The van der Waals surface area contributed by atoms with Crippen molar-refractivity contribution in [1.82, 2.24) is 10.2 Å². The zero-order chi connectivity index (χ0) is 24.0. The number of carbonyl (C=O) groups excluding carboxylic acids is 2. The third-order valence-electron chi connectivity index (χ3n) is 5.53. The Bertz CT molecular complexity index is 1060. The normalized spacial score (nSPS) is 16.9. The molecule has 2 amide bonds. The number of halogens is 1. The number of hydrogen-bond acceptors (Lipinski definition) is 5. The number of para-hydroxylation sites is 1. The van der Waals surface area contributed by atoms with E-state index in [0.717, 1.165) is 5.56 Å². The molecule has 0 radical (unpaired) electrons. The molecule has 0 bridgehead atoms. The zero-order valence-corrected chi connectivity index (χ0v) is 20.1. The van der Waals surface area contributed by atoms with Gasteiger partial charge in [0.25, 0.3) is 0 Å². The van der Waals surface area contributed by atoms with Crippen LogP contribution in [0.25, 0.3) is 0 Å². The number of anilines is 1. The van der Waals surface area contributed by atoms with Crippen molar-refractivity contribution in [2.24, 2.45) is 5.73 Å². The number of benzene rings is 2. The van der Waals surface area contributed by atoms with Crippen LogP contribution in [-0.4, -0.2) is 63.1 Å². The Kier molecular flexibility index (Phi) is 8.34. The molecular formula is C23H29ClN4O4S. The van der Waals surface area contributed by atoms with E-state index in [-0.39, 0.29) is 37.4 Å². The van der Waals surface area contributed by atoms with Crippen molar-refractivity contribution in [3.63, 3.8) is 0 Å². The first kappa shape index (κ1) is 25.0. The lowest BCUT2D eigenvalue weighted by Gasteiger charge is -2.29. The van der Waals surface area contributed by atoms with Crippen LogP contribution in [0, 0.1) is 0 Å². The fourth-order valence-corrected chi connectivity index (χ4v) is 5.40. The van der Waals surface area contributed by atoms with E-state index in [1.54, 1.807) is 41.3 Å². The van der Waals surface area contributed by atoms with Crippen LogP contribution < -0.4 is 15.4 Å². The number of sulfonamides is 1. The smallest absolute Gasteiger partial charge is 0.245 e. The highest BCUT2D eigenvalue weighted by Gasteiger charge is 2.37. The van der Waals surface area contributed by atoms with Gasteiger partial charge in [0, 0.05) is 37.5 Å². The summed E-state index contributed by atoms with van der Waals surface area (Å²) in [6, 6.07) is 14.8. The molecule has 33 heavy (non-hydrogen) atoms. The predicted molar refractivity (Wildman–Crippen MR) is 130 cm³/mol. The van der Waals surface area contributed by atoms with Gasteiger partial charge in [-0.3, -0.25) is 13.9 Å². The van der Waals surface area contributed by atoms with E-state index in [9.17, 15) is 18.0 Å². The SMILES string of the molecule is CS(=O)(=O)N(c1ccccc1)[C@H]1CCN(C(=O)[C@@H](Cc2ccc(Cl)cc2)NC(=O)CCN)C1. The summed E-state index contributed by atoms with van der Waals surface area (Å²) in [6.07, 6.45) is 2.07. The lowest BCUT2D eigenvalue weighted by Crippen LogP contribution is -2.50. The fraction of sp³-hybridized carbons (Fsp3) is 0.391. The molecule has 1 aliphatic rings. The van der Waals surface area contributed by atoms with Gasteiger partial charge in [-0.1, -0.05) is 41.9 Å². The molecule has 1 fully saturated rings. The van der Waals surface area contributed by atoms with Crippen LogP contribution in [0.3, 0.4) is 0 Å². The van der Waals surface area contributed by atoms with E-state index in [0.29, 0.717) is 30.1 Å². The molecule has 1 heterocycles. The van der Waals surface area contributed by atoms with Gasteiger partial charge in [-0.25, -0.2) is 8.42 Å². The molecule has 2 aromatic rings. The van der Waals surface area contributed by atoms with E-state index >= 15 is 0 Å². The van der Waals surface area contributed by atoms with Gasteiger partial charge in [0.05, 0.1) is 18.0 Å². The molecule has 10 heteroatoms. The van der Waals surface area contributed by atoms with Crippen LogP contribution in [0.2, 0.25) is 5.02 Å². The standard InChI is InChI=1S/C23H29ClN4O4S/c1-33(31,32)28(19-5-3-2-4-6-19)20-12-14-27(16-20)23(30)21(26-22(29)11-13-25)15-17-7-9-18(24)10-8-17/h2-10,20-21H,11-16,25H2,1H3,(H,26,29)/t20-,21+/m0/s1. The molecule has 1 aliphatic heterocycles. The number of hydrogen-bond donors (Lipinski definition) is 2. The monoisotopic (exact) mass is 492 g/mol. The first-order valence-electron chi connectivity index (χ1n) is 10.8. The molecule has 0 aromatic heterocycles. The average molecular weight is 493 g/mol. The first-order valence-corrected chi connectivity index (χ1v) is 13.0. The number of nitrogens with one attached hydrogen (secondary N) is 1. The highest BCUT2D eigenvalue weighted by molar-refractivity contribution is 7.92. The van der Waals surface area contributed by atoms with Crippen molar-refractivity contribution in [1.29, 1.82) is 0 Å². The molecule has 1 saturated heterocycles. The molecule has 0 unspecified atom stereocenters. The Hall–Kier alpha value is -2.62. The maximum atomic E-state index is 13.4. The molecule has 3 N–H and O–H groups in total. The molecule has 178 valence electrons. The molecule has 2 atom stereocenters. The Balaban J connectivity index is 1.78. The molecule has 0 spiro atoms. The third kappa shape index (κ3) is 6.69. The molecule has 2 aromatic carbocycles. The Morgan fingerprint density at radius 3 is 2.45 bits per heavy atom. The van der Waals surface area contributed by atoms with Crippen LogP contribution >= 0.6 is 11.6 Å². The molecular weight excluding hydrogens is 464 g/mol. The Morgan fingerprint density at radius 1 is 1.18 bits per heavy atom. The summed E-state index contributed by atoms with van der Waals surface area (Å²) >= 11 is 5.96. The van der Waals surface area contributed by atoms with Gasteiger partial charge in [-0.15, -0.1) is 0 Å². The lowest BCUT2D eigenvalue weighted by molar-refractivity contribution is -0.135. The summed E-state index contributed by atoms with van der Waals surface area (Å²) < 4.78 is 26.5. The average Bonchev–Trinajstić information content (AvgIpc) is 3.23. The molecule has 8 nitrogen and oxygen atoms in total. The lowest BCUT2D eigenvalue weighted by atomic mass is 10.0. The van der Waals surface area contributed by atoms with Crippen LogP contribution in [0.4, 0.5) is 5.69 Å². The van der Waals surface area contributed by atoms with Crippen molar-refractivity contribution in [2.45, 2.75) is 31.3 Å². The van der Waals surface area contributed by atoms with Gasteiger partial charge in [0.15, 0.2) is 0 Å². The summed E-state index contributed by atoms with van der Waals surface area (Å²) in [7, 11) is -3.55. The van der Waals surface area contributed by atoms with Gasteiger partial charge in [0.1, 0.15) is 6.04 Å². The van der Waals surface area contributed by atoms with Crippen molar-refractivity contribution in [3.05, 3.63) is 65.2 Å². The molecule has 0 aliphatic carbocycles. The van der Waals surface area contributed by atoms with Crippen molar-refractivity contribution in [2.75, 3.05) is 30.2 Å². The van der Waals surface area contributed by atoms with Crippen molar-refractivity contribution < 1.29 is 18.0 Å². The van der Waals surface area contributed by atoms with Gasteiger partial charge < -0.3 is 16.0 Å². The number of nitrogens with zero attached hydrogens (tertiary/aromatic N) is 2. The minimum absolute atomic E-state index is 0.114. The summed E-state index contributed by atoms with van der Waals surface area (Å²) in [5, 5.41) is 3.37.